The zero-order valence-corrected chi connectivity index (χ0v) is 15.3. The lowest BCUT2D eigenvalue weighted by atomic mass is 10.1. The molecule has 126 valence electrons. The van der Waals surface area contributed by atoms with Crippen LogP contribution in [-0.2, 0) is 11.2 Å². The lowest BCUT2D eigenvalue weighted by molar-refractivity contribution is -0.115. The minimum Gasteiger partial charge on any atom is -0.370 e. The highest BCUT2D eigenvalue weighted by Crippen LogP contribution is 2.20. The fourth-order valence-electron chi connectivity index (χ4n) is 2.98. The zero-order chi connectivity index (χ0) is 16.8. The van der Waals surface area contributed by atoms with Gasteiger partial charge in [0.15, 0.2) is 0 Å². The van der Waals surface area contributed by atoms with Crippen LogP contribution < -0.4 is 10.2 Å². The first-order valence-corrected chi connectivity index (χ1v) is 9.26. The SMILES string of the molecule is O=C(Cc1ccccc1Br)Nc1ccc(N2CCCCCC2)cn1. The van der Waals surface area contributed by atoms with Crippen molar-refractivity contribution < 1.29 is 4.79 Å². The number of aromatic nitrogens is 1. The third kappa shape index (κ3) is 4.57. The molecule has 1 amide bonds. The Kier molecular flexibility index (Phi) is 5.86. The summed E-state index contributed by atoms with van der Waals surface area (Å²) in [5.41, 5.74) is 2.11. The minimum absolute atomic E-state index is 0.0584. The van der Waals surface area contributed by atoms with Gasteiger partial charge in [0.05, 0.1) is 18.3 Å². The summed E-state index contributed by atoms with van der Waals surface area (Å²) in [7, 11) is 0. The van der Waals surface area contributed by atoms with E-state index in [9.17, 15) is 4.79 Å². The van der Waals surface area contributed by atoms with Crippen LogP contribution in [0.4, 0.5) is 11.5 Å². The monoisotopic (exact) mass is 387 g/mol. The first kappa shape index (κ1) is 17.0. The summed E-state index contributed by atoms with van der Waals surface area (Å²) in [4.78, 5) is 19.0. The Morgan fingerprint density at radius 2 is 1.83 bits per heavy atom. The van der Waals surface area contributed by atoms with Gasteiger partial charge in [-0.2, -0.15) is 0 Å². The van der Waals surface area contributed by atoms with Gasteiger partial charge in [-0.3, -0.25) is 4.79 Å². The van der Waals surface area contributed by atoms with Gasteiger partial charge in [-0.15, -0.1) is 0 Å². The third-order valence-corrected chi connectivity index (χ3v) is 5.07. The van der Waals surface area contributed by atoms with Crippen LogP contribution in [0.3, 0.4) is 0 Å². The first-order chi connectivity index (χ1) is 11.7. The van der Waals surface area contributed by atoms with E-state index in [0.29, 0.717) is 12.2 Å². The molecule has 0 bridgehead atoms. The number of rotatable bonds is 4. The maximum atomic E-state index is 12.2. The van der Waals surface area contributed by atoms with Gasteiger partial charge in [0, 0.05) is 17.6 Å². The average molecular weight is 388 g/mol. The molecule has 0 unspecified atom stereocenters. The Labute approximate surface area is 151 Å². The number of halogens is 1. The van der Waals surface area contributed by atoms with Gasteiger partial charge in [0.1, 0.15) is 5.82 Å². The smallest absolute Gasteiger partial charge is 0.229 e. The number of carbonyl (C=O) groups is 1. The average Bonchev–Trinajstić information content (AvgIpc) is 2.87. The summed E-state index contributed by atoms with van der Waals surface area (Å²) in [6.07, 6.45) is 7.30. The molecule has 1 aromatic carbocycles. The maximum Gasteiger partial charge on any atom is 0.229 e. The molecule has 4 nitrogen and oxygen atoms in total. The number of pyridine rings is 1. The second-order valence-corrected chi connectivity index (χ2v) is 6.97. The molecule has 0 saturated carbocycles. The van der Waals surface area contributed by atoms with Gasteiger partial charge in [-0.05, 0) is 36.6 Å². The van der Waals surface area contributed by atoms with E-state index < -0.39 is 0 Å². The van der Waals surface area contributed by atoms with Crippen LogP contribution >= 0.6 is 15.9 Å². The van der Waals surface area contributed by atoms with E-state index in [-0.39, 0.29) is 5.91 Å². The van der Waals surface area contributed by atoms with E-state index in [1.54, 1.807) is 0 Å². The fourth-order valence-corrected chi connectivity index (χ4v) is 3.40. The molecule has 1 aromatic heterocycles. The summed E-state index contributed by atoms with van der Waals surface area (Å²) in [6.45, 7) is 2.19. The van der Waals surface area contributed by atoms with Crippen molar-refractivity contribution in [2.24, 2.45) is 0 Å². The molecule has 0 radical (unpaired) electrons. The van der Waals surface area contributed by atoms with Crippen molar-refractivity contribution in [3.63, 3.8) is 0 Å². The molecule has 5 heteroatoms. The molecular weight excluding hydrogens is 366 g/mol. The number of nitrogens with zero attached hydrogens (tertiary/aromatic N) is 2. The van der Waals surface area contributed by atoms with Gasteiger partial charge < -0.3 is 10.2 Å². The Bertz CT molecular complexity index is 679. The van der Waals surface area contributed by atoms with E-state index >= 15 is 0 Å². The second-order valence-electron chi connectivity index (χ2n) is 6.12. The van der Waals surface area contributed by atoms with Gasteiger partial charge in [0.25, 0.3) is 0 Å². The molecule has 3 rings (SSSR count). The van der Waals surface area contributed by atoms with E-state index in [4.69, 9.17) is 0 Å². The van der Waals surface area contributed by atoms with Crippen LogP contribution in [0.25, 0.3) is 0 Å². The van der Waals surface area contributed by atoms with Gasteiger partial charge in [-0.25, -0.2) is 4.98 Å². The van der Waals surface area contributed by atoms with Crippen LogP contribution in [-0.4, -0.2) is 24.0 Å². The van der Waals surface area contributed by atoms with Crippen molar-refractivity contribution in [3.8, 4) is 0 Å². The number of amides is 1. The zero-order valence-electron chi connectivity index (χ0n) is 13.7. The van der Waals surface area contributed by atoms with Crippen molar-refractivity contribution in [1.82, 2.24) is 4.98 Å². The van der Waals surface area contributed by atoms with Crippen LogP contribution in [0.15, 0.2) is 47.1 Å². The number of nitrogens with one attached hydrogen (secondary N) is 1. The summed E-state index contributed by atoms with van der Waals surface area (Å²) in [6, 6.07) is 11.7. The number of anilines is 2. The van der Waals surface area contributed by atoms with Crippen molar-refractivity contribution in [2.45, 2.75) is 32.1 Å². The Balaban J connectivity index is 1.59. The van der Waals surface area contributed by atoms with Crippen molar-refractivity contribution in [1.29, 1.82) is 0 Å². The van der Waals surface area contributed by atoms with Crippen molar-refractivity contribution >= 4 is 33.3 Å². The standard InChI is InChI=1S/C19H22BrN3O/c20-17-8-4-3-7-15(17)13-19(24)22-18-10-9-16(14-21-18)23-11-5-1-2-6-12-23/h3-4,7-10,14H,1-2,5-6,11-13H2,(H,21,22,24). The van der Waals surface area contributed by atoms with Crippen LogP contribution in [0.1, 0.15) is 31.2 Å². The highest BCUT2D eigenvalue weighted by atomic mass is 79.9. The Morgan fingerprint density at radius 3 is 2.50 bits per heavy atom. The van der Waals surface area contributed by atoms with Crippen LogP contribution in [0, 0.1) is 0 Å². The van der Waals surface area contributed by atoms with Gasteiger partial charge in [0.2, 0.25) is 5.91 Å². The first-order valence-electron chi connectivity index (χ1n) is 8.46. The number of hydrogen-bond donors (Lipinski definition) is 1. The van der Waals surface area contributed by atoms with Crippen LogP contribution in [0.5, 0.6) is 0 Å². The predicted molar refractivity (Wildman–Crippen MR) is 101 cm³/mol. The van der Waals surface area contributed by atoms with Crippen molar-refractivity contribution in [2.75, 3.05) is 23.3 Å². The number of hydrogen-bond acceptors (Lipinski definition) is 3. The van der Waals surface area contributed by atoms with E-state index in [2.05, 4.69) is 31.1 Å². The highest BCUT2D eigenvalue weighted by Gasteiger charge is 2.11. The van der Waals surface area contributed by atoms with Crippen molar-refractivity contribution in [3.05, 3.63) is 52.6 Å². The van der Waals surface area contributed by atoms with E-state index in [0.717, 1.165) is 28.8 Å². The predicted octanol–water partition coefficient (Wildman–Crippen LogP) is 4.41. The lowest BCUT2D eigenvalue weighted by Crippen LogP contribution is -2.24. The number of benzene rings is 1. The fraction of sp³-hybridized carbons (Fsp3) is 0.368. The molecule has 2 aromatic rings. The molecule has 1 fully saturated rings. The molecule has 0 spiro atoms. The molecule has 0 atom stereocenters. The maximum absolute atomic E-state index is 12.2. The third-order valence-electron chi connectivity index (χ3n) is 4.30. The largest absolute Gasteiger partial charge is 0.370 e. The molecule has 0 aliphatic carbocycles. The second kappa shape index (κ2) is 8.29. The van der Waals surface area contributed by atoms with Gasteiger partial charge in [-0.1, -0.05) is 47.0 Å². The summed E-state index contributed by atoms with van der Waals surface area (Å²) < 4.78 is 0.949. The number of carbonyl (C=O) groups excluding carboxylic acids is 1. The molecule has 24 heavy (non-hydrogen) atoms. The highest BCUT2D eigenvalue weighted by molar-refractivity contribution is 9.10. The molecule has 1 saturated heterocycles. The molecule has 1 aliphatic heterocycles. The van der Waals surface area contributed by atoms with Gasteiger partial charge >= 0.3 is 0 Å². The topological polar surface area (TPSA) is 45.2 Å². The van der Waals surface area contributed by atoms with Crippen LogP contribution in [0.2, 0.25) is 0 Å². The Morgan fingerprint density at radius 1 is 1.08 bits per heavy atom. The minimum atomic E-state index is -0.0584. The van der Waals surface area contributed by atoms with E-state index in [1.807, 2.05) is 42.6 Å². The Hall–Kier alpha value is -1.88. The molecular formula is C19H22BrN3O. The molecule has 2 heterocycles. The normalized spacial score (nSPS) is 15.0. The quantitative estimate of drug-likeness (QED) is 0.844. The van der Waals surface area contributed by atoms with E-state index in [1.165, 1.54) is 25.7 Å². The molecule has 1 aliphatic rings. The lowest BCUT2D eigenvalue weighted by Gasteiger charge is -2.22. The summed E-state index contributed by atoms with van der Waals surface area (Å²) in [5, 5.41) is 2.87. The summed E-state index contributed by atoms with van der Waals surface area (Å²) >= 11 is 3.47. The molecule has 1 N–H and O–H groups in total. The summed E-state index contributed by atoms with van der Waals surface area (Å²) in [5.74, 6) is 0.544.